The minimum atomic E-state index is -1.33. The second-order valence-electron chi connectivity index (χ2n) is 0.970. The number of hydrogen-bond donors (Lipinski definition) is 1. The molecule has 0 unspecified atom stereocenters. The van der Waals surface area contributed by atoms with E-state index in [2.05, 4.69) is 4.74 Å². The van der Waals surface area contributed by atoms with Crippen molar-refractivity contribution in [3.05, 3.63) is 0 Å². The first-order chi connectivity index (χ1) is 3.63. The number of carbonyl (C=O) groups is 2. The molecule has 0 aromatic rings. The third-order valence-electron chi connectivity index (χ3n) is 0.327. The molecule has 0 aromatic heterocycles. The zero-order valence-corrected chi connectivity index (χ0v) is 3.88. The highest BCUT2D eigenvalue weighted by atomic mass is 16.6. The molecule has 0 atom stereocenters. The smallest absolute Gasteiger partial charge is 0.426 e. The standard InChI is InChI=1S/C3H4NO4/c4-3(7)8-1-2(5)6/h4H,1H2,(H,5,6). The van der Waals surface area contributed by atoms with Gasteiger partial charge in [-0.2, -0.15) is 0 Å². The molecule has 0 heterocycles. The van der Waals surface area contributed by atoms with Crippen LogP contribution in [0.4, 0.5) is 4.79 Å². The molecule has 0 aliphatic heterocycles. The topological polar surface area (TPSA) is 87.4 Å². The Bertz CT molecular complexity index is 95.9. The van der Waals surface area contributed by atoms with Crippen molar-refractivity contribution in [2.45, 2.75) is 0 Å². The molecule has 0 bridgehead atoms. The van der Waals surface area contributed by atoms with Gasteiger partial charge >= 0.3 is 12.1 Å². The molecule has 0 fully saturated rings. The van der Waals surface area contributed by atoms with E-state index in [4.69, 9.17) is 10.8 Å². The lowest BCUT2D eigenvalue weighted by atomic mass is 10.7. The van der Waals surface area contributed by atoms with Crippen molar-refractivity contribution >= 4 is 12.1 Å². The van der Waals surface area contributed by atoms with Gasteiger partial charge in [-0.1, -0.05) is 0 Å². The quantitative estimate of drug-likeness (QED) is 0.528. The van der Waals surface area contributed by atoms with E-state index in [1.165, 1.54) is 0 Å². The Hall–Kier alpha value is -1.26. The summed E-state index contributed by atoms with van der Waals surface area (Å²) in [7, 11) is 0. The summed E-state index contributed by atoms with van der Waals surface area (Å²) in [6, 6.07) is 0. The third-order valence-corrected chi connectivity index (χ3v) is 0.327. The first-order valence-corrected chi connectivity index (χ1v) is 1.73. The van der Waals surface area contributed by atoms with Crippen LogP contribution in [0.5, 0.6) is 0 Å². The summed E-state index contributed by atoms with van der Waals surface area (Å²) in [6.45, 7) is -0.734. The Kier molecular flexibility index (Phi) is 2.39. The van der Waals surface area contributed by atoms with Gasteiger partial charge in [-0.05, 0) is 0 Å². The maximum absolute atomic E-state index is 9.54. The molecule has 5 nitrogen and oxygen atoms in total. The molecule has 0 aliphatic carbocycles. The monoisotopic (exact) mass is 118 g/mol. The van der Waals surface area contributed by atoms with Crippen molar-refractivity contribution in [2.24, 2.45) is 0 Å². The van der Waals surface area contributed by atoms with E-state index >= 15 is 0 Å². The van der Waals surface area contributed by atoms with Crippen LogP contribution in [0.15, 0.2) is 0 Å². The van der Waals surface area contributed by atoms with E-state index in [-0.39, 0.29) is 0 Å². The molecular weight excluding hydrogens is 114 g/mol. The number of hydrogen-bond acceptors (Lipinski definition) is 3. The van der Waals surface area contributed by atoms with Gasteiger partial charge in [0.25, 0.3) is 0 Å². The molecule has 0 aliphatic rings. The number of nitrogens with one attached hydrogen (secondary N) is 1. The zero-order valence-electron chi connectivity index (χ0n) is 3.88. The van der Waals surface area contributed by atoms with E-state index in [1.807, 2.05) is 0 Å². The van der Waals surface area contributed by atoms with Gasteiger partial charge in [0.15, 0.2) is 6.61 Å². The Balaban J connectivity index is 3.18. The number of carboxylic acids is 1. The molecule has 2 N–H and O–H groups in total. The molecule has 8 heavy (non-hydrogen) atoms. The largest absolute Gasteiger partial charge is 0.479 e. The normalized spacial score (nSPS) is 8.00. The summed E-state index contributed by atoms with van der Waals surface area (Å²) >= 11 is 0. The van der Waals surface area contributed by atoms with Crippen molar-refractivity contribution in [3.63, 3.8) is 0 Å². The first-order valence-electron chi connectivity index (χ1n) is 1.73. The van der Waals surface area contributed by atoms with Gasteiger partial charge in [-0.25, -0.2) is 15.3 Å². The zero-order chi connectivity index (χ0) is 6.57. The highest BCUT2D eigenvalue weighted by Gasteiger charge is 1.98. The van der Waals surface area contributed by atoms with Gasteiger partial charge in [0, 0.05) is 0 Å². The number of aliphatic carboxylic acids is 1. The van der Waals surface area contributed by atoms with Crippen LogP contribution in [0.25, 0.3) is 0 Å². The fourth-order valence-corrected chi connectivity index (χ4v) is 0.127. The lowest BCUT2D eigenvalue weighted by Gasteiger charge is -1.90. The highest BCUT2D eigenvalue weighted by molar-refractivity contribution is 5.72. The summed E-state index contributed by atoms with van der Waals surface area (Å²) in [5.41, 5.74) is 6.05. The van der Waals surface area contributed by atoms with E-state index in [1.54, 1.807) is 0 Å². The lowest BCUT2D eigenvalue weighted by Crippen LogP contribution is -2.11. The molecule has 1 radical (unpaired) electrons. The molecule has 0 rings (SSSR count). The average molecular weight is 118 g/mol. The van der Waals surface area contributed by atoms with Crippen molar-refractivity contribution in [3.8, 4) is 0 Å². The molecule has 5 heteroatoms. The molecule has 0 saturated carbocycles. The van der Waals surface area contributed by atoms with Gasteiger partial charge in [0.05, 0.1) is 0 Å². The van der Waals surface area contributed by atoms with Gasteiger partial charge in [-0.15, -0.1) is 0 Å². The lowest BCUT2D eigenvalue weighted by molar-refractivity contribution is -0.140. The second kappa shape index (κ2) is 2.84. The van der Waals surface area contributed by atoms with Crippen LogP contribution >= 0.6 is 0 Å². The van der Waals surface area contributed by atoms with Crippen molar-refractivity contribution in [2.75, 3.05) is 6.61 Å². The fraction of sp³-hybridized carbons (Fsp3) is 0.333. The fourth-order valence-electron chi connectivity index (χ4n) is 0.127. The average Bonchev–Trinajstić information content (AvgIpc) is 1.61. The van der Waals surface area contributed by atoms with Crippen LogP contribution < -0.4 is 5.73 Å². The Morgan fingerprint density at radius 3 is 2.25 bits per heavy atom. The van der Waals surface area contributed by atoms with E-state index in [0.717, 1.165) is 0 Å². The van der Waals surface area contributed by atoms with Crippen LogP contribution in [0, 0.1) is 0 Å². The molecule has 0 spiro atoms. The van der Waals surface area contributed by atoms with Crippen LogP contribution in [0.3, 0.4) is 0 Å². The van der Waals surface area contributed by atoms with Gasteiger partial charge in [0.2, 0.25) is 0 Å². The number of rotatable bonds is 2. The predicted octanol–water partition coefficient (Wildman–Crippen LogP) is -0.510. The summed E-state index contributed by atoms with van der Waals surface area (Å²) in [5.74, 6) is -1.26. The predicted molar refractivity (Wildman–Crippen MR) is 22.1 cm³/mol. The molecule has 1 amide bonds. The Morgan fingerprint density at radius 1 is 1.62 bits per heavy atom. The Labute approximate surface area is 45.0 Å². The minimum absolute atomic E-state index is 0.734. The summed E-state index contributed by atoms with van der Waals surface area (Å²) in [4.78, 5) is 19.1. The summed E-state index contributed by atoms with van der Waals surface area (Å²) in [5, 5.41) is 7.80. The van der Waals surface area contributed by atoms with Gasteiger partial charge in [0.1, 0.15) is 0 Å². The van der Waals surface area contributed by atoms with Gasteiger partial charge in [-0.3, -0.25) is 0 Å². The van der Waals surface area contributed by atoms with Gasteiger partial charge < -0.3 is 9.84 Å². The van der Waals surface area contributed by atoms with Crippen LogP contribution in [-0.2, 0) is 9.53 Å². The second-order valence-corrected chi connectivity index (χ2v) is 0.970. The molecule has 0 saturated heterocycles. The number of ether oxygens (including phenoxy) is 1. The molecule has 45 valence electrons. The van der Waals surface area contributed by atoms with Crippen molar-refractivity contribution in [1.29, 1.82) is 0 Å². The Morgan fingerprint density at radius 2 is 2.12 bits per heavy atom. The first kappa shape index (κ1) is 6.74. The van der Waals surface area contributed by atoms with Crippen molar-refractivity contribution in [1.82, 2.24) is 5.73 Å². The minimum Gasteiger partial charge on any atom is -0.479 e. The van der Waals surface area contributed by atoms with Crippen LogP contribution in [0.1, 0.15) is 0 Å². The summed E-state index contributed by atoms with van der Waals surface area (Å²) in [6.07, 6.45) is -1.33. The van der Waals surface area contributed by atoms with E-state index in [0.29, 0.717) is 0 Å². The number of carbonyl (C=O) groups excluding carboxylic acids is 1. The van der Waals surface area contributed by atoms with Crippen molar-refractivity contribution < 1.29 is 19.4 Å². The highest BCUT2D eigenvalue weighted by Crippen LogP contribution is 1.72. The van der Waals surface area contributed by atoms with E-state index < -0.39 is 18.7 Å². The third kappa shape index (κ3) is 4.74. The maximum atomic E-state index is 9.54. The number of carboxylic acid groups (broad SMARTS) is 1. The number of amides is 1. The SMILES string of the molecule is [NH]C(=O)OCC(=O)O. The van der Waals surface area contributed by atoms with Crippen LogP contribution in [0.2, 0.25) is 0 Å². The molecule has 0 aromatic carbocycles. The van der Waals surface area contributed by atoms with Crippen LogP contribution in [-0.4, -0.2) is 23.8 Å². The van der Waals surface area contributed by atoms with E-state index in [9.17, 15) is 9.59 Å². The molecular formula is C3H4NO4. The summed E-state index contributed by atoms with van der Waals surface area (Å²) < 4.78 is 3.73. The maximum Gasteiger partial charge on any atom is 0.426 e.